The molecule has 1 aromatic heterocycles. The molecule has 2 aliphatic rings. The molecule has 6 nitrogen and oxygen atoms in total. The zero-order valence-electron chi connectivity index (χ0n) is 18.2. The fourth-order valence-corrected chi connectivity index (χ4v) is 5.44. The van der Waals surface area contributed by atoms with E-state index in [0.29, 0.717) is 11.6 Å². The quantitative estimate of drug-likeness (QED) is 0.703. The predicted octanol–water partition coefficient (Wildman–Crippen LogP) is 4.75. The van der Waals surface area contributed by atoms with Crippen LogP contribution in [0.15, 0.2) is 35.7 Å². The van der Waals surface area contributed by atoms with Gasteiger partial charge in [0, 0.05) is 17.5 Å². The summed E-state index contributed by atoms with van der Waals surface area (Å²) in [6, 6.07) is 9.28. The van der Waals surface area contributed by atoms with E-state index in [2.05, 4.69) is 21.8 Å². The SMILES string of the molecule is CC1CCC(N(C(=O)c2csnn2)C(C(=O)NC2CCCCC2)c2ccccc2)CC1. The van der Waals surface area contributed by atoms with Gasteiger partial charge >= 0.3 is 0 Å². The monoisotopic (exact) mass is 440 g/mol. The van der Waals surface area contributed by atoms with E-state index in [1.165, 1.54) is 18.0 Å². The number of nitrogens with one attached hydrogen (secondary N) is 1. The van der Waals surface area contributed by atoms with Gasteiger partial charge in [0.1, 0.15) is 6.04 Å². The number of carbonyl (C=O) groups is 2. The Hall–Kier alpha value is -2.28. The third-order valence-corrected chi connectivity index (χ3v) is 7.29. The van der Waals surface area contributed by atoms with Crippen molar-refractivity contribution in [1.29, 1.82) is 0 Å². The molecular formula is C24H32N4O2S. The molecule has 2 amide bonds. The number of nitrogens with zero attached hydrogens (tertiary/aromatic N) is 3. The van der Waals surface area contributed by atoms with Crippen LogP contribution in [0.5, 0.6) is 0 Å². The van der Waals surface area contributed by atoms with Crippen LogP contribution in [0.4, 0.5) is 0 Å². The number of benzene rings is 1. The van der Waals surface area contributed by atoms with Crippen LogP contribution < -0.4 is 5.32 Å². The van der Waals surface area contributed by atoms with Gasteiger partial charge in [-0.05, 0) is 61.5 Å². The number of aromatic nitrogens is 2. The highest BCUT2D eigenvalue weighted by atomic mass is 32.1. The van der Waals surface area contributed by atoms with Crippen molar-refractivity contribution >= 4 is 23.3 Å². The van der Waals surface area contributed by atoms with E-state index in [9.17, 15) is 9.59 Å². The lowest BCUT2D eigenvalue weighted by molar-refractivity contribution is -0.128. The Morgan fingerprint density at radius 3 is 2.39 bits per heavy atom. The van der Waals surface area contributed by atoms with Crippen molar-refractivity contribution in [2.45, 2.75) is 82.8 Å². The average molecular weight is 441 g/mol. The Bertz CT molecular complexity index is 844. The molecule has 1 atom stereocenters. The Morgan fingerprint density at radius 2 is 1.74 bits per heavy atom. The molecule has 1 heterocycles. The van der Waals surface area contributed by atoms with Crippen molar-refractivity contribution in [2.24, 2.45) is 5.92 Å². The maximum atomic E-state index is 13.7. The molecule has 0 radical (unpaired) electrons. The third kappa shape index (κ3) is 5.32. The molecule has 2 aromatic rings. The summed E-state index contributed by atoms with van der Waals surface area (Å²) < 4.78 is 3.90. The van der Waals surface area contributed by atoms with Gasteiger partial charge in [-0.3, -0.25) is 9.59 Å². The first-order valence-electron chi connectivity index (χ1n) is 11.6. The summed E-state index contributed by atoms with van der Waals surface area (Å²) in [6.07, 6.45) is 9.50. The van der Waals surface area contributed by atoms with Crippen LogP contribution in [0.3, 0.4) is 0 Å². The second-order valence-corrected chi connectivity index (χ2v) is 9.68. The number of hydrogen-bond donors (Lipinski definition) is 1. The highest BCUT2D eigenvalue weighted by molar-refractivity contribution is 7.03. The maximum absolute atomic E-state index is 13.7. The van der Waals surface area contributed by atoms with E-state index in [-0.39, 0.29) is 23.9 Å². The first-order valence-corrected chi connectivity index (χ1v) is 12.4. The van der Waals surface area contributed by atoms with Crippen LogP contribution in [-0.4, -0.2) is 38.4 Å². The van der Waals surface area contributed by atoms with Crippen molar-refractivity contribution in [2.75, 3.05) is 0 Å². The molecular weight excluding hydrogens is 408 g/mol. The summed E-state index contributed by atoms with van der Waals surface area (Å²) in [4.78, 5) is 29.2. The topological polar surface area (TPSA) is 75.2 Å². The largest absolute Gasteiger partial charge is 0.351 e. The Balaban J connectivity index is 1.68. The van der Waals surface area contributed by atoms with Crippen LogP contribution in [0.2, 0.25) is 0 Å². The van der Waals surface area contributed by atoms with Crippen molar-refractivity contribution in [1.82, 2.24) is 19.8 Å². The van der Waals surface area contributed by atoms with Gasteiger partial charge in [-0.1, -0.05) is 61.0 Å². The van der Waals surface area contributed by atoms with Gasteiger partial charge in [-0.25, -0.2) is 0 Å². The molecule has 1 N–H and O–H groups in total. The second kappa shape index (κ2) is 10.4. The standard InChI is InChI=1S/C24H32N4O2S/c1-17-12-14-20(15-13-17)28(24(30)21-16-31-27-26-21)22(18-8-4-2-5-9-18)23(29)25-19-10-6-3-7-11-19/h2,4-5,8-9,16-17,19-20,22H,3,6-7,10-15H2,1H3,(H,25,29). The molecule has 1 unspecified atom stereocenters. The molecule has 0 aliphatic heterocycles. The molecule has 2 aliphatic carbocycles. The van der Waals surface area contributed by atoms with Gasteiger partial charge in [0.15, 0.2) is 5.69 Å². The fourth-order valence-electron chi connectivity index (χ4n) is 5.01. The lowest BCUT2D eigenvalue weighted by Crippen LogP contribution is -2.51. The van der Waals surface area contributed by atoms with Crippen LogP contribution in [0, 0.1) is 5.92 Å². The molecule has 166 valence electrons. The molecule has 7 heteroatoms. The molecule has 0 spiro atoms. The molecule has 0 saturated heterocycles. The zero-order chi connectivity index (χ0) is 21.6. The predicted molar refractivity (Wildman–Crippen MR) is 122 cm³/mol. The van der Waals surface area contributed by atoms with Gasteiger partial charge in [-0.15, -0.1) is 5.10 Å². The summed E-state index contributed by atoms with van der Waals surface area (Å²) in [5.74, 6) is 0.384. The van der Waals surface area contributed by atoms with E-state index in [1.807, 2.05) is 35.2 Å². The number of rotatable bonds is 6. The lowest BCUT2D eigenvalue weighted by Gasteiger charge is -2.41. The summed E-state index contributed by atoms with van der Waals surface area (Å²) in [5.41, 5.74) is 1.18. The van der Waals surface area contributed by atoms with Crippen molar-refractivity contribution in [3.63, 3.8) is 0 Å². The minimum atomic E-state index is -0.657. The Morgan fingerprint density at radius 1 is 1.03 bits per heavy atom. The van der Waals surface area contributed by atoms with Crippen molar-refractivity contribution in [3.8, 4) is 0 Å². The number of amides is 2. The molecule has 1 aromatic carbocycles. The smallest absolute Gasteiger partial charge is 0.276 e. The van der Waals surface area contributed by atoms with Gasteiger partial charge < -0.3 is 10.2 Å². The molecule has 0 bridgehead atoms. The Kier molecular flexibility index (Phi) is 7.33. The summed E-state index contributed by atoms with van der Waals surface area (Å²) in [7, 11) is 0. The van der Waals surface area contributed by atoms with Crippen LogP contribution >= 0.6 is 11.5 Å². The summed E-state index contributed by atoms with van der Waals surface area (Å²) >= 11 is 1.17. The van der Waals surface area contributed by atoms with Gasteiger partial charge in [0.25, 0.3) is 5.91 Å². The van der Waals surface area contributed by atoms with E-state index in [4.69, 9.17) is 0 Å². The normalized spacial score (nSPS) is 23.1. The summed E-state index contributed by atoms with van der Waals surface area (Å²) in [6.45, 7) is 2.26. The lowest BCUT2D eigenvalue weighted by atomic mass is 9.85. The average Bonchev–Trinajstić information content (AvgIpc) is 3.34. The van der Waals surface area contributed by atoms with E-state index < -0.39 is 6.04 Å². The maximum Gasteiger partial charge on any atom is 0.276 e. The van der Waals surface area contributed by atoms with Crippen LogP contribution in [0.25, 0.3) is 0 Å². The summed E-state index contributed by atoms with van der Waals surface area (Å²) in [5, 5.41) is 9.01. The highest BCUT2D eigenvalue weighted by Crippen LogP contribution is 2.34. The second-order valence-electron chi connectivity index (χ2n) is 9.07. The minimum Gasteiger partial charge on any atom is -0.351 e. The first-order chi connectivity index (χ1) is 15.1. The van der Waals surface area contributed by atoms with Gasteiger partial charge in [0.2, 0.25) is 5.91 Å². The molecule has 2 saturated carbocycles. The van der Waals surface area contributed by atoms with E-state index in [0.717, 1.165) is 56.9 Å². The van der Waals surface area contributed by atoms with E-state index in [1.54, 1.807) is 5.38 Å². The van der Waals surface area contributed by atoms with Crippen LogP contribution in [0.1, 0.15) is 86.8 Å². The van der Waals surface area contributed by atoms with E-state index >= 15 is 0 Å². The van der Waals surface area contributed by atoms with Crippen LogP contribution in [-0.2, 0) is 4.79 Å². The minimum absolute atomic E-state index is 0.0210. The van der Waals surface area contributed by atoms with Crippen molar-refractivity contribution < 1.29 is 9.59 Å². The molecule has 31 heavy (non-hydrogen) atoms. The fraction of sp³-hybridized carbons (Fsp3) is 0.583. The number of hydrogen-bond acceptors (Lipinski definition) is 5. The third-order valence-electron chi connectivity index (χ3n) is 6.79. The Labute approximate surface area is 188 Å². The zero-order valence-corrected chi connectivity index (χ0v) is 19.0. The highest BCUT2D eigenvalue weighted by Gasteiger charge is 2.39. The molecule has 4 rings (SSSR count). The number of carbonyl (C=O) groups excluding carboxylic acids is 2. The van der Waals surface area contributed by atoms with Gasteiger partial charge in [-0.2, -0.15) is 0 Å². The van der Waals surface area contributed by atoms with Crippen molar-refractivity contribution in [3.05, 3.63) is 47.0 Å². The van der Waals surface area contributed by atoms with Gasteiger partial charge in [0.05, 0.1) is 0 Å². The first kappa shape index (κ1) is 21.9. The molecule has 2 fully saturated rings.